The second-order valence-electron chi connectivity index (χ2n) is 12.9. The summed E-state index contributed by atoms with van der Waals surface area (Å²) >= 11 is 1.12. The fraction of sp³-hybridized carbons (Fsp3) is 0.289. The second-order valence-corrected chi connectivity index (χ2v) is 13.9. The first-order chi connectivity index (χ1) is 25.7. The molecule has 1 aliphatic heterocycles. The lowest BCUT2D eigenvalue weighted by atomic mass is 9.96. The van der Waals surface area contributed by atoms with Gasteiger partial charge in [-0.2, -0.15) is 4.98 Å². The normalized spacial score (nSPS) is 16.0. The van der Waals surface area contributed by atoms with Gasteiger partial charge in [0.15, 0.2) is 15.6 Å². The molecule has 0 unspecified atom stereocenters. The van der Waals surface area contributed by atoms with Gasteiger partial charge in [0, 0.05) is 41.4 Å². The van der Waals surface area contributed by atoms with E-state index < -0.39 is 29.7 Å². The number of thiazole rings is 1. The fourth-order valence-electron chi connectivity index (χ4n) is 6.27. The zero-order valence-corrected chi connectivity index (χ0v) is 29.2. The van der Waals surface area contributed by atoms with Gasteiger partial charge in [-0.05, 0) is 61.4 Å². The van der Waals surface area contributed by atoms with Gasteiger partial charge >= 0.3 is 6.09 Å². The number of halogens is 2. The Morgan fingerprint density at radius 3 is 2.58 bits per heavy atom. The van der Waals surface area contributed by atoms with E-state index in [1.807, 2.05) is 30.3 Å². The first kappa shape index (κ1) is 34.1. The minimum absolute atomic E-state index is 0.0750. The number of piperazine rings is 1. The van der Waals surface area contributed by atoms with Crippen molar-refractivity contribution in [2.45, 2.75) is 44.3 Å². The van der Waals surface area contributed by atoms with Crippen LogP contribution in [0.3, 0.4) is 0 Å². The lowest BCUT2D eigenvalue weighted by Gasteiger charge is -2.40. The highest BCUT2D eigenvalue weighted by Gasteiger charge is 2.61. The van der Waals surface area contributed by atoms with Crippen LogP contribution in [0.5, 0.6) is 5.75 Å². The van der Waals surface area contributed by atoms with E-state index in [0.717, 1.165) is 29.7 Å². The third-order valence-electron chi connectivity index (χ3n) is 9.36. The number of amides is 3. The molecule has 15 heteroatoms. The number of ether oxygens (including phenoxy) is 2. The molecule has 53 heavy (non-hydrogen) atoms. The summed E-state index contributed by atoms with van der Waals surface area (Å²) in [5, 5.41) is 3.02. The third-order valence-corrected chi connectivity index (χ3v) is 10.2. The predicted octanol–water partition coefficient (Wildman–Crippen LogP) is 6.63. The molecule has 1 saturated heterocycles. The van der Waals surface area contributed by atoms with Gasteiger partial charge in [0.05, 0.1) is 19.5 Å². The number of carbonyl (C=O) groups excluding carboxylic acids is 3. The van der Waals surface area contributed by atoms with Gasteiger partial charge in [0.25, 0.3) is 18.2 Å². The number of rotatable bonds is 8. The number of aromatic nitrogens is 4. The average Bonchev–Trinajstić information content (AvgIpc) is 4.12. The topological polar surface area (TPSA) is 140 Å². The average molecular weight is 736 g/mol. The summed E-state index contributed by atoms with van der Waals surface area (Å²) in [5.41, 5.74) is 0.978. The Kier molecular flexibility index (Phi) is 8.91. The highest BCUT2D eigenvalue weighted by molar-refractivity contribution is 7.21. The van der Waals surface area contributed by atoms with E-state index in [1.165, 1.54) is 30.3 Å². The largest absolute Gasteiger partial charge is 0.494 e. The molecule has 1 N–H and O–H groups in total. The molecule has 0 atom stereocenters. The molecule has 4 heterocycles. The number of anilines is 2. The van der Waals surface area contributed by atoms with E-state index in [4.69, 9.17) is 9.47 Å². The number of nitrogens with zero attached hydrogens (tertiary/aromatic N) is 6. The summed E-state index contributed by atoms with van der Waals surface area (Å²) in [6.45, 7) is 0.421. The van der Waals surface area contributed by atoms with Gasteiger partial charge in [-0.3, -0.25) is 24.8 Å². The Hall–Kier alpha value is -6.01. The number of fused-ring (bicyclic) bond motifs is 1. The summed E-state index contributed by atoms with van der Waals surface area (Å²) < 4.78 is 38.9. The van der Waals surface area contributed by atoms with E-state index in [2.05, 4.69) is 37.1 Å². The quantitative estimate of drug-likeness (QED) is 0.174. The van der Waals surface area contributed by atoms with Crippen molar-refractivity contribution in [3.05, 3.63) is 89.5 Å². The van der Waals surface area contributed by atoms with Gasteiger partial charge in [0.2, 0.25) is 0 Å². The van der Waals surface area contributed by atoms with Gasteiger partial charge < -0.3 is 14.4 Å². The van der Waals surface area contributed by atoms with E-state index in [1.54, 1.807) is 23.2 Å². The Bertz CT molecular complexity index is 2320. The maximum atomic E-state index is 14.1. The Morgan fingerprint density at radius 2 is 1.85 bits per heavy atom. The van der Waals surface area contributed by atoms with Crippen LogP contribution in [0.25, 0.3) is 21.6 Å². The second kappa shape index (κ2) is 13.8. The van der Waals surface area contributed by atoms with Crippen LogP contribution in [0.15, 0.2) is 67.0 Å². The summed E-state index contributed by atoms with van der Waals surface area (Å²) in [5.74, 6) is 5.80. The van der Waals surface area contributed by atoms with Crippen LogP contribution in [-0.4, -0.2) is 68.5 Å². The van der Waals surface area contributed by atoms with Crippen LogP contribution in [0.4, 0.5) is 24.4 Å². The zero-order valence-electron chi connectivity index (χ0n) is 28.3. The molecule has 0 radical (unpaired) electrons. The van der Waals surface area contributed by atoms with Crippen LogP contribution in [0, 0.1) is 17.8 Å². The van der Waals surface area contributed by atoms with Crippen molar-refractivity contribution < 1.29 is 32.6 Å². The molecular formula is C38H31F2N7O5S. The van der Waals surface area contributed by atoms with Crippen molar-refractivity contribution in [1.82, 2.24) is 24.8 Å². The van der Waals surface area contributed by atoms with Crippen LogP contribution in [-0.2, 0) is 16.1 Å². The number of methoxy groups -OCH3 is 1. The molecule has 2 saturated carbocycles. The predicted molar refractivity (Wildman–Crippen MR) is 192 cm³/mol. The van der Waals surface area contributed by atoms with Crippen molar-refractivity contribution >= 4 is 50.5 Å². The molecule has 3 fully saturated rings. The van der Waals surface area contributed by atoms with Gasteiger partial charge in [0.1, 0.15) is 29.3 Å². The lowest BCUT2D eigenvalue weighted by Crippen LogP contribution is -2.60. The molecule has 12 nitrogen and oxygen atoms in total. The fourth-order valence-corrected chi connectivity index (χ4v) is 7.02. The van der Waals surface area contributed by atoms with Crippen LogP contribution >= 0.6 is 11.3 Å². The van der Waals surface area contributed by atoms with E-state index in [9.17, 15) is 23.2 Å². The molecule has 1 spiro atoms. The molecule has 268 valence electrons. The number of nitrogens with one attached hydrogen (secondary N) is 1. The molecule has 8 rings (SSSR count). The minimum atomic E-state index is -2.90. The molecule has 2 aliphatic carbocycles. The lowest BCUT2D eigenvalue weighted by molar-refractivity contribution is -0.126. The van der Waals surface area contributed by atoms with Crippen molar-refractivity contribution in [2.24, 2.45) is 5.92 Å². The summed E-state index contributed by atoms with van der Waals surface area (Å²) in [7, 11) is 1.37. The summed E-state index contributed by atoms with van der Waals surface area (Å²) in [6.07, 6.45) is 2.35. The van der Waals surface area contributed by atoms with E-state index in [-0.39, 0.29) is 53.2 Å². The van der Waals surface area contributed by atoms with Crippen LogP contribution in [0.2, 0.25) is 0 Å². The molecule has 3 amide bonds. The van der Waals surface area contributed by atoms with Crippen LogP contribution in [0.1, 0.15) is 59.4 Å². The SMILES string of the molecule is COc1cnc(C(F)F)cc1-c1cc(N2CCN(C(=O)OCc3ccccc3)C3(CC3)C2=O)ccc1C(=O)Nc1nc2nc(C#CC3CC3)cnc2s1. The Morgan fingerprint density at radius 1 is 1.04 bits per heavy atom. The maximum absolute atomic E-state index is 14.1. The molecule has 3 aliphatic rings. The minimum Gasteiger partial charge on any atom is -0.494 e. The van der Waals surface area contributed by atoms with Crippen LogP contribution < -0.4 is 15.0 Å². The van der Waals surface area contributed by atoms with Gasteiger partial charge in [-0.1, -0.05) is 47.6 Å². The third kappa shape index (κ3) is 6.85. The number of hydrogen-bond donors (Lipinski definition) is 1. The van der Waals surface area contributed by atoms with E-state index in [0.29, 0.717) is 40.6 Å². The number of benzene rings is 2. The Labute approximate surface area is 306 Å². The number of alkyl halides is 2. The summed E-state index contributed by atoms with van der Waals surface area (Å²) in [4.78, 5) is 61.9. The van der Waals surface area contributed by atoms with Crippen molar-refractivity contribution in [3.63, 3.8) is 0 Å². The van der Waals surface area contributed by atoms with E-state index >= 15 is 0 Å². The number of hydrogen-bond acceptors (Lipinski definition) is 10. The maximum Gasteiger partial charge on any atom is 0.411 e. The molecule has 0 bridgehead atoms. The van der Waals surface area contributed by atoms with Gasteiger partial charge in [-0.25, -0.2) is 23.5 Å². The number of pyridine rings is 1. The first-order valence-corrected chi connectivity index (χ1v) is 17.8. The Balaban J connectivity index is 1.09. The standard InChI is InChI=1S/C38H31F2N7O5S/c1-51-30-20-41-29(31(39)40)18-28(30)27-17-25(46-15-16-47(38(13-14-38)35(46)49)37(50)52-21-23-5-3-2-4-6-23)11-12-26(27)33(48)45-36-44-32-34(53-36)42-19-24(43-32)10-9-22-7-8-22/h2-6,11-12,17-20,22,31H,7-8,13-16,21H2,1H3,(H,43,44,45,48). The molecule has 2 aromatic carbocycles. The van der Waals surface area contributed by atoms with Crippen molar-refractivity contribution in [2.75, 3.05) is 30.4 Å². The molecular weight excluding hydrogens is 705 g/mol. The van der Waals surface area contributed by atoms with Gasteiger partial charge in [-0.15, -0.1) is 0 Å². The first-order valence-electron chi connectivity index (χ1n) is 17.0. The summed E-state index contributed by atoms with van der Waals surface area (Å²) in [6, 6.07) is 15.2. The van der Waals surface area contributed by atoms with Crippen molar-refractivity contribution in [1.29, 1.82) is 0 Å². The smallest absolute Gasteiger partial charge is 0.411 e. The highest BCUT2D eigenvalue weighted by atomic mass is 32.1. The van der Waals surface area contributed by atoms with Crippen molar-refractivity contribution in [3.8, 4) is 28.7 Å². The molecule has 3 aromatic heterocycles. The highest BCUT2D eigenvalue weighted by Crippen LogP contribution is 2.47. The monoisotopic (exact) mass is 735 g/mol. The zero-order chi connectivity index (χ0) is 36.7. The number of carbonyl (C=O) groups is 3. The molecule has 5 aromatic rings.